The van der Waals surface area contributed by atoms with Crippen molar-refractivity contribution < 1.29 is 14.3 Å². The largest absolute Gasteiger partial charge is 0.489 e. The Morgan fingerprint density at radius 3 is 2.58 bits per heavy atom. The molecule has 0 aliphatic carbocycles. The number of carbonyl (C=O) groups is 1. The minimum Gasteiger partial charge on any atom is -0.489 e. The second kappa shape index (κ2) is 9.51. The van der Waals surface area contributed by atoms with Gasteiger partial charge in [0.15, 0.2) is 0 Å². The molecular formula is C25H27N3O3. The monoisotopic (exact) mass is 417 g/mol. The van der Waals surface area contributed by atoms with Crippen LogP contribution in [0.1, 0.15) is 31.0 Å². The average molecular weight is 418 g/mol. The number of aromatic nitrogens is 1. The van der Waals surface area contributed by atoms with E-state index in [9.17, 15) is 4.79 Å². The fraction of sp³-hybridized carbons (Fsp3) is 0.280. The molecule has 1 amide bonds. The molecule has 2 aromatic carbocycles. The molecule has 1 aliphatic rings. The quantitative estimate of drug-likeness (QED) is 0.597. The van der Waals surface area contributed by atoms with Crippen LogP contribution in [0.5, 0.6) is 11.6 Å². The van der Waals surface area contributed by atoms with E-state index in [1.165, 1.54) is 6.92 Å². The summed E-state index contributed by atoms with van der Waals surface area (Å²) >= 11 is 0. The van der Waals surface area contributed by atoms with E-state index in [-0.39, 0.29) is 18.1 Å². The molecule has 0 bridgehead atoms. The number of hydrogen-bond acceptors (Lipinski definition) is 5. The van der Waals surface area contributed by atoms with Crippen LogP contribution in [0.25, 0.3) is 0 Å². The lowest BCUT2D eigenvalue weighted by atomic mass is 10.1. The van der Waals surface area contributed by atoms with E-state index in [0.29, 0.717) is 12.5 Å². The Labute approximate surface area is 182 Å². The Morgan fingerprint density at radius 1 is 1.13 bits per heavy atom. The molecular weight excluding hydrogens is 390 g/mol. The van der Waals surface area contributed by atoms with Gasteiger partial charge in [0.05, 0.1) is 19.1 Å². The Morgan fingerprint density at radius 2 is 1.87 bits per heavy atom. The molecule has 2 heterocycles. The Hall–Kier alpha value is -3.54. The highest BCUT2D eigenvalue weighted by molar-refractivity contribution is 5.73. The van der Waals surface area contributed by atoms with Gasteiger partial charge >= 0.3 is 0 Å². The minimum atomic E-state index is -0.0255. The number of benzene rings is 2. The Balaban J connectivity index is 1.26. The fourth-order valence-electron chi connectivity index (χ4n) is 3.54. The molecule has 6 nitrogen and oxygen atoms in total. The zero-order chi connectivity index (χ0) is 21.6. The predicted molar refractivity (Wildman–Crippen MR) is 120 cm³/mol. The molecule has 1 atom stereocenters. The van der Waals surface area contributed by atoms with Crippen molar-refractivity contribution in [3.63, 3.8) is 0 Å². The van der Waals surface area contributed by atoms with Crippen LogP contribution in [0.15, 0.2) is 72.9 Å². The summed E-state index contributed by atoms with van der Waals surface area (Å²) in [7, 11) is 0. The van der Waals surface area contributed by atoms with E-state index < -0.39 is 0 Å². The van der Waals surface area contributed by atoms with Crippen molar-refractivity contribution >= 4 is 11.6 Å². The van der Waals surface area contributed by atoms with Gasteiger partial charge in [-0.3, -0.25) is 4.79 Å². The van der Waals surface area contributed by atoms with Gasteiger partial charge in [-0.2, -0.15) is 0 Å². The first-order valence-electron chi connectivity index (χ1n) is 10.5. The van der Waals surface area contributed by atoms with Gasteiger partial charge in [-0.15, -0.1) is 0 Å². The summed E-state index contributed by atoms with van der Waals surface area (Å²) in [5, 5.41) is 2.90. The van der Waals surface area contributed by atoms with Gasteiger partial charge in [-0.05, 0) is 36.2 Å². The third-order valence-corrected chi connectivity index (χ3v) is 5.27. The lowest BCUT2D eigenvalue weighted by Gasteiger charge is -2.40. The Bertz CT molecular complexity index is 1000. The molecule has 0 saturated carbocycles. The van der Waals surface area contributed by atoms with Gasteiger partial charge in [0.25, 0.3) is 0 Å². The van der Waals surface area contributed by atoms with Crippen LogP contribution in [-0.4, -0.2) is 30.1 Å². The fourth-order valence-corrected chi connectivity index (χ4v) is 3.54. The summed E-state index contributed by atoms with van der Waals surface area (Å²) < 4.78 is 11.9. The smallest absolute Gasteiger partial charge is 0.217 e. The summed E-state index contributed by atoms with van der Waals surface area (Å²) in [5.41, 5.74) is 3.35. The van der Waals surface area contributed by atoms with E-state index >= 15 is 0 Å². The number of ether oxygens (including phenoxy) is 2. The molecule has 0 spiro atoms. The number of carbonyl (C=O) groups excluding carboxylic acids is 1. The number of rotatable bonds is 8. The number of hydrogen-bond donors (Lipinski definition) is 1. The molecule has 160 valence electrons. The second-order valence-electron chi connectivity index (χ2n) is 7.76. The standard InChI is InChI=1S/C25H27N3O3/c1-18(27-19(2)29)21-8-10-22(11-9-21)28-15-24(16-28)31-25-14-23(12-13-26-25)30-17-20-6-4-3-5-7-20/h3-14,18,24H,15-17H2,1-2H3,(H,27,29). The van der Waals surface area contributed by atoms with Crippen molar-refractivity contribution in [2.75, 3.05) is 18.0 Å². The number of amides is 1. The van der Waals surface area contributed by atoms with Crippen LogP contribution in [0.3, 0.4) is 0 Å². The van der Waals surface area contributed by atoms with E-state index in [1.54, 1.807) is 6.20 Å². The van der Waals surface area contributed by atoms with Crippen LogP contribution in [0.4, 0.5) is 5.69 Å². The summed E-state index contributed by atoms with van der Waals surface area (Å²) in [6.45, 7) is 5.63. The van der Waals surface area contributed by atoms with Gasteiger partial charge in [-0.25, -0.2) is 4.98 Å². The Kier molecular flexibility index (Phi) is 6.36. The maximum absolute atomic E-state index is 11.2. The normalized spacial score (nSPS) is 14.5. The first-order valence-corrected chi connectivity index (χ1v) is 10.5. The lowest BCUT2D eigenvalue weighted by Crippen LogP contribution is -2.54. The van der Waals surface area contributed by atoms with Crippen molar-refractivity contribution in [1.29, 1.82) is 0 Å². The predicted octanol–water partition coefficient (Wildman–Crippen LogP) is 4.13. The van der Waals surface area contributed by atoms with Gasteiger partial charge in [-0.1, -0.05) is 42.5 Å². The second-order valence-corrected chi connectivity index (χ2v) is 7.76. The van der Waals surface area contributed by atoms with Crippen LogP contribution in [0, 0.1) is 0 Å². The molecule has 1 N–H and O–H groups in total. The van der Waals surface area contributed by atoms with E-state index in [4.69, 9.17) is 9.47 Å². The SMILES string of the molecule is CC(=O)NC(C)c1ccc(N2CC(Oc3cc(OCc4ccccc4)ccn3)C2)cc1. The first kappa shape index (κ1) is 20.7. The number of anilines is 1. The number of nitrogens with zero attached hydrogens (tertiary/aromatic N) is 2. The van der Waals surface area contributed by atoms with Crippen molar-refractivity contribution in [3.8, 4) is 11.6 Å². The molecule has 4 rings (SSSR count). The van der Waals surface area contributed by atoms with Crippen LogP contribution < -0.4 is 19.7 Å². The van der Waals surface area contributed by atoms with Crippen molar-refractivity contribution in [2.24, 2.45) is 0 Å². The summed E-state index contributed by atoms with van der Waals surface area (Å²) in [5.74, 6) is 1.30. The highest BCUT2D eigenvalue weighted by Gasteiger charge is 2.29. The number of nitrogens with one attached hydrogen (secondary N) is 1. The maximum Gasteiger partial charge on any atom is 0.217 e. The van der Waals surface area contributed by atoms with Crippen molar-refractivity contribution in [3.05, 3.63) is 84.1 Å². The minimum absolute atomic E-state index is 0.00137. The maximum atomic E-state index is 11.2. The molecule has 1 aromatic heterocycles. The third kappa shape index (κ3) is 5.54. The van der Waals surface area contributed by atoms with E-state index in [1.807, 2.05) is 49.4 Å². The van der Waals surface area contributed by atoms with Crippen LogP contribution >= 0.6 is 0 Å². The number of pyridine rings is 1. The van der Waals surface area contributed by atoms with Crippen LogP contribution in [0.2, 0.25) is 0 Å². The molecule has 6 heteroatoms. The summed E-state index contributed by atoms with van der Waals surface area (Å²) in [4.78, 5) is 17.8. The van der Waals surface area contributed by atoms with Gasteiger partial charge in [0.1, 0.15) is 18.5 Å². The highest BCUT2D eigenvalue weighted by atomic mass is 16.5. The summed E-state index contributed by atoms with van der Waals surface area (Å²) in [6.07, 6.45) is 1.80. The van der Waals surface area contributed by atoms with E-state index in [0.717, 1.165) is 35.7 Å². The molecule has 3 aromatic rings. The zero-order valence-electron chi connectivity index (χ0n) is 17.8. The van der Waals surface area contributed by atoms with Crippen molar-refractivity contribution in [2.45, 2.75) is 32.6 Å². The zero-order valence-corrected chi connectivity index (χ0v) is 17.8. The topological polar surface area (TPSA) is 63.7 Å². The molecule has 31 heavy (non-hydrogen) atoms. The molecule has 1 fully saturated rings. The first-order chi connectivity index (χ1) is 15.1. The van der Waals surface area contributed by atoms with Gasteiger partial charge in [0, 0.05) is 24.9 Å². The average Bonchev–Trinajstić information content (AvgIpc) is 2.75. The molecule has 1 aliphatic heterocycles. The third-order valence-electron chi connectivity index (χ3n) is 5.27. The van der Waals surface area contributed by atoms with Gasteiger partial charge in [0.2, 0.25) is 11.8 Å². The molecule has 0 radical (unpaired) electrons. The van der Waals surface area contributed by atoms with Crippen molar-refractivity contribution in [1.82, 2.24) is 10.3 Å². The molecule has 1 unspecified atom stereocenters. The van der Waals surface area contributed by atoms with Gasteiger partial charge < -0.3 is 19.7 Å². The highest BCUT2D eigenvalue weighted by Crippen LogP contribution is 2.26. The molecule has 1 saturated heterocycles. The lowest BCUT2D eigenvalue weighted by molar-refractivity contribution is -0.119. The van der Waals surface area contributed by atoms with Crippen LogP contribution in [-0.2, 0) is 11.4 Å². The summed E-state index contributed by atoms with van der Waals surface area (Å²) in [6, 6.07) is 22.0. The van der Waals surface area contributed by atoms with E-state index in [2.05, 4.69) is 39.5 Å².